The molecule has 8 heteroatoms. The minimum atomic E-state index is -0.644. The van der Waals surface area contributed by atoms with Gasteiger partial charge in [-0.1, -0.05) is 49.9 Å². The summed E-state index contributed by atoms with van der Waals surface area (Å²) in [4.78, 5) is 33.6. The second kappa shape index (κ2) is 10.3. The van der Waals surface area contributed by atoms with E-state index in [9.17, 15) is 9.59 Å². The molecule has 31 heavy (non-hydrogen) atoms. The van der Waals surface area contributed by atoms with Crippen molar-refractivity contribution >= 4 is 23.5 Å². The van der Waals surface area contributed by atoms with Crippen LogP contribution in [0.3, 0.4) is 0 Å². The summed E-state index contributed by atoms with van der Waals surface area (Å²) >= 11 is 1.51. The number of unbranched alkanes of at least 4 members (excludes halogenated alkanes) is 1. The maximum atomic E-state index is 13.2. The summed E-state index contributed by atoms with van der Waals surface area (Å²) in [7, 11) is 1.57. The van der Waals surface area contributed by atoms with Crippen LogP contribution in [-0.2, 0) is 9.53 Å². The van der Waals surface area contributed by atoms with Gasteiger partial charge in [0.05, 0.1) is 24.2 Å². The van der Waals surface area contributed by atoms with Gasteiger partial charge in [-0.25, -0.2) is 9.78 Å². The van der Waals surface area contributed by atoms with Crippen molar-refractivity contribution in [2.45, 2.75) is 37.8 Å². The van der Waals surface area contributed by atoms with Crippen molar-refractivity contribution in [3.05, 3.63) is 69.7 Å². The molecular formula is C23H27N3O4S. The summed E-state index contributed by atoms with van der Waals surface area (Å²) < 4.78 is 10.7. The Hall–Kier alpha value is -3.00. The van der Waals surface area contributed by atoms with E-state index in [4.69, 9.17) is 9.47 Å². The third-order valence-electron chi connectivity index (χ3n) is 4.94. The Bertz CT molecular complexity index is 1060. The summed E-state index contributed by atoms with van der Waals surface area (Å²) in [5, 5.41) is 3.70. The Labute approximate surface area is 186 Å². The average molecular weight is 442 g/mol. The van der Waals surface area contributed by atoms with Gasteiger partial charge >= 0.3 is 5.97 Å². The molecule has 0 aliphatic carbocycles. The van der Waals surface area contributed by atoms with Gasteiger partial charge in [-0.05, 0) is 31.0 Å². The number of allylic oxidation sites excluding steroid dienone is 1. The Morgan fingerprint density at radius 2 is 2.19 bits per heavy atom. The third kappa shape index (κ3) is 5.02. The second-order valence-electron chi connectivity index (χ2n) is 7.10. The Balaban J connectivity index is 2.13. The van der Waals surface area contributed by atoms with Crippen LogP contribution >= 0.6 is 11.8 Å². The van der Waals surface area contributed by atoms with Crippen molar-refractivity contribution in [3.63, 3.8) is 0 Å². The first kappa shape index (κ1) is 22.7. The van der Waals surface area contributed by atoms with Gasteiger partial charge in [-0.3, -0.25) is 4.79 Å². The lowest BCUT2D eigenvalue weighted by Crippen LogP contribution is -2.31. The molecule has 0 saturated heterocycles. The standard InChI is InChI=1S/C23H27N3O4S/c1-5-7-12-31-23-25-20-19(21(27)26-23)18(15-9-8-10-16(13-15)29-4)17(14(3)24-20)22(28)30-11-6-2/h6,8-10,13,18H,2,5,7,11-12H2,1,3-4H3,(H2,24,25,26,27). The van der Waals surface area contributed by atoms with Crippen molar-refractivity contribution in [2.24, 2.45) is 0 Å². The molecule has 2 aromatic rings. The molecule has 1 aliphatic heterocycles. The summed E-state index contributed by atoms with van der Waals surface area (Å²) in [6.45, 7) is 7.57. The molecule has 0 bridgehead atoms. The van der Waals surface area contributed by atoms with Crippen LogP contribution in [0.5, 0.6) is 5.75 Å². The SMILES string of the molecule is C=CCOC(=O)C1=C(C)Nc2nc(SCCCC)[nH]c(=O)c2C1c1cccc(OC)c1. The zero-order valence-electron chi connectivity index (χ0n) is 18.0. The normalized spacial score (nSPS) is 15.1. The summed E-state index contributed by atoms with van der Waals surface area (Å²) in [6.07, 6.45) is 3.60. The third-order valence-corrected chi connectivity index (χ3v) is 5.90. The number of aromatic nitrogens is 2. The van der Waals surface area contributed by atoms with Crippen molar-refractivity contribution < 1.29 is 14.3 Å². The number of nitrogens with one attached hydrogen (secondary N) is 2. The van der Waals surface area contributed by atoms with Crippen LogP contribution in [0, 0.1) is 0 Å². The predicted molar refractivity (Wildman–Crippen MR) is 123 cm³/mol. The first-order valence-corrected chi connectivity index (χ1v) is 11.2. The number of rotatable bonds is 9. The van der Waals surface area contributed by atoms with Gasteiger partial charge < -0.3 is 19.8 Å². The van der Waals surface area contributed by atoms with Crippen molar-refractivity contribution in [1.29, 1.82) is 0 Å². The second-order valence-corrected chi connectivity index (χ2v) is 8.18. The van der Waals surface area contributed by atoms with Crippen molar-refractivity contribution in [3.8, 4) is 5.75 Å². The number of carbonyl (C=O) groups excluding carboxylic acids is 1. The maximum Gasteiger partial charge on any atom is 0.337 e. The monoisotopic (exact) mass is 441 g/mol. The quantitative estimate of drug-likeness (QED) is 0.198. The fourth-order valence-electron chi connectivity index (χ4n) is 3.45. The summed E-state index contributed by atoms with van der Waals surface area (Å²) in [5.74, 6) is 0.795. The highest BCUT2D eigenvalue weighted by atomic mass is 32.2. The van der Waals surface area contributed by atoms with Crippen LogP contribution in [0.2, 0.25) is 0 Å². The van der Waals surface area contributed by atoms with E-state index < -0.39 is 11.9 Å². The number of hydrogen-bond acceptors (Lipinski definition) is 7. The molecule has 2 heterocycles. The number of thioether (sulfide) groups is 1. The lowest BCUT2D eigenvalue weighted by atomic mass is 9.82. The van der Waals surface area contributed by atoms with Gasteiger partial charge in [0.1, 0.15) is 18.2 Å². The molecule has 0 saturated carbocycles. The average Bonchev–Trinajstić information content (AvgIpc) is 2.76. The molecular weight excluding hydrogens is 414 g/mol. The van der Waals surface area contributed by atoms with Crippen molar-refractivity contribution in [1.82, 2.24) is 9.97 Å². The maximum absolute atomic E-state index is 13.2. The zero-order chi connectivity index (χ0) is 22.4. The molecule has 0 spiro atoms. The van der Waals surface area contributed by atoms with E-state index in [1.807, 2.05) is 24.3 Å². The van der Waals surface area contributed by atoms with Gasteiger partial charge in [0, 0.05) is 11.4 Å². The summed E-state index contributed by atoms with van der Waals surface area (Å²) in [6, 6.07) is 7.32. The molecule has 7 nitrogen and oxygen atoms in total. The Morgan fingerprint density at radius 3 is 2.90 bits per heavy atom. The molecule has 0 amide bonds. The number of aromatic amines is 1. The number of fused-ring (bicyclic) bond motifs is 1. The first-order valence-electron chi connectivity index (χ1n) is 10.2. The minimum absolute atomic E-state index is 0.0783. The van der Waals surface area contributed by atoms with Gasteiger partial charge in [0.2, 0.25) is 0 Å². The van der Waals surface area contributed by atoms with Crippen LogP contribution in [0.15, 0.2) is 58.1 Å². The van der Waals surface area contributed by atoms with Gasteiger partial charge in [-0.2, -0.15) is 0 Å². The van der Waals surface area contributed by atoms with Crippen molar-refractivity contribution in [2.75, 3.05) is 24.8 Å². The predicted octanol–water partition coefficient (Wildman–Crippen LogP) is 4.23. The number of nitrogens with zero attached hydrogens (tertiary/aromatic N) is 1. The number of H-pyrrole nitrogens is 1. The van der Waals surface area contributed by atoms with Gasteiger partial charge in [0.15, 0.2) is 5.16 Å². The van der Waals surface area contributed by atoms with E-state index in [1.54, 1.807) is 14.0 Å². The van der Waals surface area contributed by atoms with Crippen LogP contribution in [0.1, 0.15) is 43.7 Å². The molecule has 1 unspecified atom stereocenters. The molecule has 3 rings (SSSR count). The highest BCUT2D eigenvalue weighted by molar-refractivity contribution is 7.99. The van der Waals surface area contributed by atoms with E-state index in [-0.39, 0.29) is 12.2 Å². The molecule has 1 aliphatic rings. The Kier molecular flexibility index (Phi) is 7.57. The van der Waals surface area contributed by atoms with E-state index in [0.29, 0.717) is 33.6 Å². The highest BCUT2D eigenvalue weighted by Crippen LogP contribution is 2.40. The molecule has 2 N–H and O–H groups in total. The van der Waals surface area contributed by atoms with E-state index in [0.717, 1.165) is 24.2 Å². The van der Waals surface area contributed by atoms with Crippen LogP contribution in [0.4, 0.5) is 5.82 Å². The number of carbonyl (C=O) groups is 1. The molecule has 164 valence electrons. The number of anilines is 1. The molecule has 1 aromatic carbocycles. The largest absolute Gasteiger partial charge is 0.497 e. The number of hydrogen-bond donors (Lipinski definition) is 2. The van der Waals surface area contributed by atoms with Crippen LogP contribution in [-0.4, -0.2) is 35.4 Å². The zero-order valence-corrected chi connectivity index (χ0v) is 18.8. The topological polar surface area (TPSA) is 93.3 Å². The van der Waals surface area contributed by atoms with Gasteiger partial charge in [0.25, 0.3) is 5.56 Å². The number of esters is 1. The van der Waals surface area contributed by atoms with Crippen LogP contribution < -0.4 is 15.6 Å². The Morgan fingerprint density at radius 1 is 1.39 bits per heavy atom. The van der Waals surface area contributed by atoms with Gasteiger partial charge in [-0.15, -0.1) is 0 Å². The molecule has 1 atom stereocenters. The van der Waals surface area contributed by atoms with Crippen LogP contribution in [0.25, 0.3) is 0 Å². The fraction of sp³-hybridized carbons (Fsp3) is 0.348. The smallest absolute Gasteiger partial charge is 0.337 e. The lowest BCUT2D eigenvalue weighted by molar-refractivity contribution is -0.138. The van der Waals surface area contributed by atoms with E-state index in [2.05, 4.69) is 28.8 Å². The number of ether oxygens (including phenoxy) is 2. The molecule has 1 aromatic heterocycles. The fourth-order valence-corrected chi connectivity index (χ4v) is 4.40. The summed E-state index contributed by atoms with van der Waals surface area (Å²) in [5.41, 5.74) is 1.79. The number of methoxy groups -OCH3 is 1. The van der Waals surface area contributed by atoms with E-state index >= 15 is 0 Å². The van der Waals surface area contributed by atoms with E-state index in [1.165, 1.54) is 17.8 Å². The lowest BCUT2D eigenvalue weighted by Gasteiger charge is -2.29. The number of benzene rings is 1. The highest BCUT2D eigenvalue weighted by Gasteiger charge is 2.36. The molecule has 0 fully saturated rings. The minimum Gasteiger partial charge on any atom is -0.497 e. The molecule has 0 radical (unpaired) electrons. The first-order chi connectivity index (χ1) is 15.0.